The Balaban J connectivity index is 1.95. The van der Waals surface area contributed by atoms with Gasteiger partial charge in [-0.1, -0.05) is 29.8 Å². The highest BCUT2D eigenvalue weighted by Crippen LogP contribution is 2.36. The van der Waals surface area contributed by atoms with Crippen molar-refractivity contribution in [3.8, 4) is 17.2 Å². The molecule has 0 aliphatic heterocycles. The van der Waals surface area contributed by atoms with Crippen molar-refractivity contribution in [2.75, 3.05) is 37.0 Å². The van der Waals surface area contributed by atoms with Gasteiger partial charge in [0.25, 0.3) is 10.0 Å². The number of ether oxygens (including phenoxy) is 3. The fourth-order valence-electron chi connectivity index (χ4n) is 3.19. The number of carbonyl (C=O) groups excluding carboxylic acids is 1. The van der Waals surface area contributed by atoms with Gasteiger partial charge >= 0.3 is 0 Å². The van der Waals surface area contributed by atoms with Gasteiger partial charge in [-0.2, -0.15) is 0 Å². The van der Waals surface area contributed by atoms with E-state index in [0.29, 0.717) is 34.6 Å². The van der Waals surface area contributed by atoms with E-state index in [1.807, 2.05) is 6.92 Å². The van der Waals surface area contributed by atoms with Crippen LogP contribution in [0.3, 0.4) is 0 Å². The number of amides is 1. The second-order valence-corrected chi connectivity index (χ2v) is 9.26. The highest BCUT2D eigenvalue weighted by atomic mass is 35.5. The maximum Gasteiger partial charge on any atom is 0.264 e. The summed E-state index contributed by atoms with van der Waals surface area (Å²) >= 11 is 6.13. The van der Waals surface area contributed by atoms with E-state index in [4.69, 9.17) is 25.8 Å². The molecule has 0 aliphatic carbocycles. The van der Waals surface area contributed by atoms with Gasteiger partial charge in [-0.15, -0.1) is 0 Å². The highest BCUT2D eigenvalue weighted by molar-refractivity contribution is 7.92. The molecule has 3 aromatic carbocycles. The van der Waals surface area contributed by atoms with Crippen LogP contribution in [0.1, 0.15) is 6.92 Å². The largest absolute Gasteiger partial charge is 0.495 e. The first-order valence-electron chi connectivity index (χ1n) is 10.3. The molecule has 0 aromatic heterocycles. The average Bonchev–Trinajstić information content (AvgIpc) is 2.84. The van der Waals surface area contributed by atoms with Crippen molar-refractivity contribution in [2.24, 2.45) is 0 Å². The Labute approximate surface area is 204 Å². The predicted octanol–water partition coefficient (Wildman–Crippen LogP) is 4.59. The van der Waals surface area contributed by atoms with E-state index in [1.54, 1.807) is 42.5 Å². The zero-order chi connectivity index (χ0) is 24.7. The molecule has 0 saturated heterocycles. The minimum atomic E-state index is -4.05. The smallest absolute Gasteiger partial charge is 0.264 e. The molecule has 0 spiro atoms. The Morgan fingerprint density at radius 3 is 2.21 bits per heavy atom. The number of carbonyl (C=O) groups is 1. The molecule has 0 fully saturated rings. The Hall–Kier alpha value is -3.43. The van der Waals surface area contributed by atoms with Crippen molar-refractivity contribution in [3.05, 3.63) is 71.8 Å². The van der Waals surface area contributed by atoms with E-state index in [9.17, 15) is 13.2 Å². The van der Waals surface area contributed by atoms with Gasteiger partial charge in [0.1, 0.15) is 23.8 Å². The average molecular weight is 505 g/mol. The summed E-state index contributed by atoms with van der Waals surface area (Å²) in [7, 11) is -1.17. The molecule has 8 nitrogen and oxygen atoms in total. The van der Waals surface area contributed by atoms with Crippen LogP contribution in [-0.4, -0.2) is 41.7 Å². The van der Waals surface area contributed by atoms with Crippen LogP contribution in [0.5, 0.6) is 17.2 Å². The summed E-state index contributed by atoms with van der Waals surface area (Å²) in [4.78, 5) is 13.1. The van der Waals surface area contributed by atoms with Gasteiger partial charge in [0.15, 0.2) is 0 Å². The third-order valence-electron chi connectivity index (χ3n) is 4.80. The first-order valence-corrected chi connectivity index (χ1v) is 12.1. The van der Waals surface area contributed by atoms with Crippen LogP contribution in [0.15, 0.2) is 71.6 Å². The highest BCUT2D eigenvalue weighted by Gasteiger charge is 2.27. The summed E-state index contributed by atoms with van der Waals surface area (Å²) in [6.07, 6.45) is 0. The molecule has 0 atom stereocenters. The van der Waals surface area contributed by atoms with E-state index in [1.165, 1.54) is 38.5 Å². The monoisotopic (exact) mass is 504 g/mol. The number of benzene rings is 3. The molecule has 0 aliphatic rings. The van der Waals surface area contributed by atoms with Crippen LogP contribution >= 0.6 is 11.6 Å². The summed E-state index contributed by atoms with van der Waals surface area (Å²) in [5.41, 5.74) is 0.598. The van der Waals surface area contributed by atoms with E-state index in [-0.39, 0.29) is 10.6 Å². The van der Waals surface area contributed by atoms with Crippen molar-refractivity contribution in [1.82, 2.24) is 0 Å². The molecule has 1 amide bonds. The van der Waals surface area contributed by atoms with Gasteiger partial charge < -0.3 is 19.5 Å². The maximum atomic E-state index is 13.5. The number of halogens is 1. The lowest BCUT2D eigenvalue weighted by atomic mass is 10.2. The molecule has 0 saturated carbocycles. The van der Waals surface area contributed by atoms with Gasteiger partial charge in [0, 0.05) is 12.1 Å². The maximum absolute atomic E-state index is 13.5. The summed E-state index contributed by atoms with van der Waals surface area (Å²) in [6, 6.07) is 17.4. The van der Waals surface area contributed by atoms with Crippen molar-refractivity contribution in [1.29, 1.82) is 0 Å². The number of methoxy groups -OCH3 is 2. The number of nitrogens with one attached hydrogen (secondary N) is 1. The van der Waals surface area contributed by atoms with E-state index >= 15 is 0 Å². The zero-order valence-electron chi connectivity index (χ0n) is 18.9. The summed E-state index contributed by atoms with van der Waals surface area (Å²) in [6.45, 7) is 1.84. The van der Waals surface area contributed by atoms with Crippen LogP contribution in [0.2, 0.25) is 5.02 Å². The third-order valence-corrected chi connectivity index (χ3v) is 6.89. The quantitative estimate of drug-likeness (QED) is 0.434. The second kappa shape index (κ2) is 11.1. The molecule has 10 heteroatoms. The number of anilines is 2. The van der Waals surface area contributed by atoms with Crippen LogP contribution in [0.25, 0.3) is 0 Å². The SMILES string of the molecule is CCOc1ccc(N(CC(=O)Nc2cc(OC)c(Cl)cc2OC)S(=O)(=O)c2ccccc2)cc1. The Bertz CT molecular complexity index is 1230. The minimum absolute atomic E-state index is 0.0578. The van der Waals surface area contributed by atoms with Gasteiger partial charge in [0.05, 0.1) is 42.1 Å². The van der Waals surface area contributed by atoms with Crippen molar-refractivity contribution in [2.45, 2.75) is 11.8 Å². The standard InChI is InChI=1S/C24H25ClN2O6S/c1-4-33-18-12-10-17(11-13-18)27(34(29,30)19-8-6-5-7-9-19)16-24(28)26-21-15-22(31-2)20(25)14-23(21)32-3/h5-15H,4,16H2,1-3H3,(H,26,28). The molecule has 0 unspecified atom stereocenters. The zero-order valence-corrected chi connectivity index (χ0v) is 20.5. The molecule has 3 rings (SSSR count). The third kappa shape index (κ3) is 5.73. The summed E-state index contributed by atoms with van der Waals surface area (Å²) in [5.74, 6) is 0.637. The van der Waals surface area contributed by atoms with Crippen LogP contribution in [-0.2, 0) is 14.8 Å². The molecule has 180 valence electrons. The molecule has 1 N–H and O–H groups in total. The molecule has 3 aromatic rings. The van der Waals surface area contributed by atoms with Gasteiger partial charge in [-0.3, -0.25) is 9.10 Å². The minimum Gasteiger partial charge on any atom is -0.495 e. The van der Waals surface area contributed by atoms with Crippen molar-refractivity contribution in [3.63, 3.8) is 0 Å². The molecule has 0 bridgehead atoms. The van der Waals surface area contributed by atoms with Crippen molar-refractivity contribution < 1.29 is 27.4 Å². The molecular weight excluding hydrogens is 480 g/mol. The Kier molecular flexibility index (Phi) is 8.25. The first-order chi connectivity index (χ1) is 16.3. The number of sulfonamides is 1. The van der Waals surface area contributed by atoms with E-state index in [0.717, 1.165) is 4.31 Å². The Morgan fingerprint density at radius 2 is 1.62 bits per heavy atom. The van der Waals surface area contributed by atoms with Gasteiger partial charge in [-0.05, 0) is 43.3 Å². The normalized spacial score (nSPS) is 10.9. The topological polar surface area (TPSA) is 94.2 Å². The van der Waals surface area contributed by atoms with Gasteiger partial charge in [-0.25, -0.2) is 8.42 Å². The van der Waals surface area contributed by atoms with Crippen LogP contribution in [0.4, 0.5) is 11.4 Å². The van der Waals surface area contributed by atoms with E-state index in [2.05, 4.69) is 5.32 Å². The summed E-state index contributed by atoms with van der Waals surface area (Å²) < 4.78 is 43.9. The van der Waals surface area contributed by atoms with Crippen molar-refractivity contribution >= 4 is 38.9 Å². The molecule has 0 heterocycles. The lowest BCUT2D eigenvalue weighted by Gasteiger charge is -2.24. The first kappa shape index (κ1) is 25.2. The number of nitrogens with zero attached hydrogens (tertiary/aromatic N) is 1. The van der Waals surface area contributed by atoms with Gasteiger partial charge in [0.2, 0.25) is 5.91 Å². The fraction of sp³-hybridized carbons (Fsp3) is 0.208. The lowest BCUT2D eigenvalue weighted by molar-refractivity contribution is -0.114. The predicted molar refractivity (Wildman–Crippen MR) is 132 cm³/mol. The van der Waals surface area contributed by atoms with Crippen LogP contribution in [0, 0.1) is 0 Å². The number of rotatable bonds is 10. The second-order valence-electron chi connectivity index (χ2n) is 6.99. The van der Waals surface area contributed by atoms with E-state index < -0.39 is 22.5 Å². The molecular formula is C24H25ClN2O6S. The summed E-state index contributed by atoms with van der Waals surface area (Å²) in [5, 5.41) is 2.99. The molecule has 0 radical (unpaired) electrons. The number of hydrogen-bond donors (Lipinski definition) is 1. The lowest BCUT2D eigenvalue weighted by Crippen LogP contribution is -2.38. The number of hydrogen-bond acceptors (Lipinski definition) is 6. The Morgan fingerprint density at radius 1 is 0.971 bits per heavy atom. The fourth-order valence-corrected chi connectivity index (χ4v) is 4.86. The van der Waals surface area contributed by atoms with Crippen LogP contribution < -0.4 is 23.8 Å². The molecule has 34 heavy (non-hydrogen) atoms.